The molecule has 0 spiro atoms. The lowest BCUT2D eigenvalue weighted by atomic mass is 9.87. The average molecular weight is 339 g/mol. The fourth-order valence-corrected chi connectivity index (χ4v) is 3.36. The standard InChI is InChI=1S/C21H25NO3/c1-3-18(25-20-14-7-6-13-19(20)24-2)21(23)22-17-12-8-10-15-9-4-5-11-16(15)17/h4-7,9,11,13-14,17-18H,3,8,10,12H2,1-2H3,(H,22,23)/t17-,18-/m0/s1. The Morgan fingerprint density at radius 2 is 1.88 bits per heavy atom. The number of methoxy groups -OCH3 is 1. The number of carbonyl (C=O) groups excluding carboxylic acids is 1. The van der Waals surface area contributed by atoms with Gasteiger partial charge < -0.3 is 14.8 Å². The van der Waals surface area contributed by atoms with Crippen molar-refractivity contribution in [3.8, 4) is 11.5 Å². The van der Waals surface area contributed by atoms with E-state index in [0.717, 1.165) is 19.3 Å². The first-order valence-corrected chi connectivity index (χ1v) is 8.90. The highest BCUT2D eigenvalue weighted by Crippen LogP contribution is 2.30. The summed E-state index contributed by atoms with van der Waals surface area (Å²) in [4.78, 5) is 12.8. The minimum absolute atomic E-state index is 0.0627. The van der Waals surface area contributed by atoms with Crippen molar-refractivity contribution in [2.24, 2.45) is 0 Å². The Hall–Kier alpha value is -2.49. The number of carbonyl (C=O) groups is 1. The smallest absolute Gasteiger partial charge is 0.261 e. The molecule has 4 heteroatoms. The first-order chi connectivity index (χ1) is 12.2. The van der Waals surface area contributed by atoms with Gasteiger partial charge in [0.05, 0.1) is 13.2 Å². The van der Waals surface area contributed by atoms with Crippen LogP contribution in [0, 0.1) is 0 Å². The van der Waals surface area contributed by atoms with Crippen molar-refractivity contribution in [3.05, 3.63) is 59.7 Å². The van der Waals surface area contributed by atoms with Crippen LogP contribution in [0.4, 0.5) is 0 Å². The van der Waals surface area contributed by atoms with Crippen LogP contribution in [0.15, 0.2) is 48.5 Å². The lowest BCUT2D eigenvalue weighted by Crippen LogP contribution is -2.41. The number of fused-ring (bicyclic) bond motifs is 1. The van der Waals surface area contributed by atoms with Crippen LogP contribution in [0.1, 0.15) is 43.4 Å². The van der Waals surface area contributed by atoms with Gasteiger partial charge in [0.2, 0.25) is 0 Å². The van der Waals surface area contributed by atoms with E-state index >= 15 is 0 Å². The van der Waals surface area contributed by atoms with Crippen LogP contribution < -0.4 is 14.8 Å². The summed E-state index contributed by atoms with van der Waals surface area (Å²) in [6.45, 7) is 1.95. The van der Waals surface area contributed by atoms with Crippen LogP contribution >= 0.6 is 0 Å². The number of rotatable bonds is 6. The Bertz CT molecular complexity index is 729. The van der Waals surface area contributed by atoms with Crippen LogP contribution in [0.5, 0.6) is 11.5 Å². The fraction of sp³-hybridized carbons (Fsp3) is 0.381. The molecule has 1 N–H and O–H groups in total. The van der Waals surface area contributed by atoms with Gasteiger partial charge in [0, 0.05) is 0 Å². The first kappa shape index (κ1) is 17.3. The molecular formula is C21H25NO3. The molecular weight excluding hydrogens is 314 g/mol. The van der Waals surface area contributed by atoms with Gasteiger partial charge in [0.25, 0.3) is 5.91 Å². The Labute approximate surface area is 149 Å². The predicted molar refractivity (Wildman–Crippen MR) is 98.0 cm³/mol. The highest BCUT2D eigenvalue weighted by atomic mass is 16.5. The summed E-state index contributed by atoms with van der Waals surface area (Å²) in [5.74, 6) is 1.16. The molecule has 25 heavy (non-hydrogen) atoms. The summed E-state index contributed by atoms with van der Waals surface area (Å²) >= 11 is 0. The van der Waals surface area contributed by atoms with E-state index in [2.05, 4.69) is 23.5 Å². The van der Waals surface area contributed by atoms with Crippen LogP contribution in [0.3, 0.4) is 0 Å². The van der Waals surface area contributed by atoms with Gasteiger partial charge in [-0.1, -0.05) is 43.3 Å². The minimum atomic E-state index is -0.537. The van der Waals surface area contributed by atoms with E-state index in [1.54, 1.807) is 7.11 Å². The van der Waals surface area contributed by atoms with Crippen molar-refractivity contribution in [1.82, 2.24) is 5.32 Å². The maximum Gasteiger partial charge on any atom is 0.261 e. The molecule has 1 amide bonds. The van der Waals surface area contributed by atoms with Crippen molar-refractivity contribution >= 4 is 5.91 Å². The van der Waals surface area contributed by atoms with Gasteiger partial charge in [-0.25, -0.2) is 0 Å². The number of amides is 1. The third kappa shape index (κ3) is 3.95. The molecule has 4 nitrogen and oxygen atoms in total. The summed E-state index contributed by atoms with van der Waals surface area (Å²) in [7, 11) is 1.60. The number of ether oxygens (including phenoxy) is 2. The molecule has 0 radical (unpaired) electrons. The van der Waals surface area contributed by atoms with Crippen LogP contribution in [-0.4, -0.2) is 19.1 Å². The van der Waals surface area contributed by atoms with Gasteiger partial charge in [-0.05, 0) is 48.9 Å². The van der Waals surface area contributed by atoms with Gasteiger partial charge in [0.1, 0.15) is 0 Å². The first-order valence-electron chi connectivity index (χ1n) is 8.90. The van der Waals surface area contributed by atoms with E-state index in [1.807, 2.05) is 37.3 Å². The SMILES string of the molecule is CC[C@H](Oc1ccccc1OC)C(=O)N[C@H]1CCCc2ccccc21. The van der Waals surface area contributed by atoms with Crippen molar-refractivity contribution < 1.29 is 14.3 Å². The molecule has 3 rings (SSSR count). The topological polar surface area (TPSA) is 47.6 Å². The molecule has 2 aromatic carbocycles. The number of nitrogens with one attached hydrogen (secondary N) is 1. The molecule has 0 unspecified atom stereocenters. The molecule has 0 saturated carbocycles. The lowest BCUT2D eigenvalue weighted by Gasteiger charge is -2.28. The second-order valence-electron chi connectivity index (χ2n) is 6.32. The fourth-order valence-electron chi connectivity index (χ4n) is 3.36. The van der Waals surface area contributed by atoms with Crippen molar-refractivity contribution in [2.45, 2.75) is 44.8 Å². The molecule has 2 aromatic rings. The molecule has 132 valence electrons. The zero-order valence-corrected chi connectivity index (χ0v) is 14.8. The molecule has 1 aliphatic carbocycles. The summed E-state index contributed by atoms with van der Waals surface area (Å²) in [5, 5.41) is 3.18. The molecule has 0 bridgehead atoms. The predicted octanol–water partition coefficient (Wildman–Crippen LogP) is 4.05. The van der Waals surface area contributed by atoms with Gasteiger partial charge in [-0.15, -0.1) is 0 Å². The van der Waals surface area contributed by atoms with Gasteiger partial charge >= 0.3 is 0 Å². The zero-order chi connectivity index (χ0) is 17.6. The van der Waals surface area contributed by atoms with E-state index in [9.17, 15) is 4.79 Å². The van der Waals surface area contributed by atoms with Gasteiger partial charge in [-0.3, -0.25) is 4.79 Å². The van der Waals surface area contributed by atoms with Gasteiger partial charge in [0.15, 0.2) is 17.6 Å². The number of para-hydroxylation sites is 2. The summed E-state index contributed by atoms with van der Waals surface area (Å²) in [5.41, 5.74) is 2.56. The Morgan fingerprint density at radius 1 is 1.16 bits per heavy atom. The second-order valence-corrected chi connectivity index (χ2v) is 6.32. The lowest BCUT2D eigenvalue weighted by molar-refractivity contribution is -0.129. The number of aryl methyl sites for hydroxylation is 1. The van der Waals surface area contributed by atoms with E-state index < -0.39 is 6.10 Å². The average Bonchev–Trinajstić information content (AvgIpc) is 2.66. The maximum absolute atomic E-state index is 12.8. The molecule has 0 saturated heterocycles. The number of hydrogen-bond donors (Lipinski definition) is 1. The van der Waals surface area contributed by atoms with E-state index in [-0.39, 0.29) is 11.9 Å². The second kappa shape index (κ2) is 8.06. The van der Waals surface area contributed by atoms with Crippen LogP contribution in [-0.2, 0) is 11.2 Å². The summed E-state index contributed by atoms with van der Waals surface area (Å²) < 4.78 is 11.3. The number of benzene rings is 2. The van der Waals surface area contributed by atoms with Crippen molar-refractivity contribution in [2.75, 3.05) is 7.11 Å². The molecule has 0 aliphatic heterocycles. The van der Waals surface area contributed by atoms with Crippen LogP contribution in [0.2, 0.25) is 0 Å². The van der Waals surface area contributed by atoms with Crippen LogP contribution in [0.25, 0.3) is 0 Å². The third-order valence-electron chi connectivity index (χ3n) is 4.69. The minimum Gasteiger partial charge on any atom is -0.493 e. The highest BCUT2D eigenvalue weighted by Gasteiger charge is 2.26. The summed E-state index contributed by atoms with van der Waals surface area (Å²) in [6.07, 6.45) is 3.20. The van der Waals surface area contributed by atoms with Crippen molar-refractivity contribution in [3.63, 3.8) is 0 Å². The molecule has 1 aliphatic rings. The Kier molecular flexibility index (Phi) is 5.59. The third-order valence-corrected chi connectivity index (χ3v) is 4.69. The van der Waals surface area contributed by atoms with E-state index in [1.165, 1.54) is 11.1 Å². The zero-order valence-electron chi connectivity index (χ0n) is 14.8. The maximum atomic E-state index is 12.8. The summed E-state index contributed by atoms with van der Waals surface area (Å²) in [6, 6.07) is 15.8. The highest BCUT2D eigenvalue weighted by molar-refractivity contribution is 5.81. The monoisotopic (exact) mass is 339 g/mol. The Morgan fingerprint density at radius 3 is 2.64 bits per heavy atom. The Balaban J connectivity index is 1.71. The van der Waals surface area contributed by atoms with Gasteiger partial charge in [-0.2, -0.15) is 0 Å². The molecule has 0 heterocycles. The quantitative estimate of drug-likeness (QED) is 0.864. The van der Waals surface area contributed by atoms with E-state index in [4.69, 9.17) is 9.47 Å². The normalized spacial score (nSPS) is 17.3. The van der Waals surface area contributed by atoms with Crippen molar-refractivity contribution in [1.29, 1.82) is 0 Å². The van der Waals surface area contributed by atoms with E-state index in [0.29, 0.717) is 17.9 Å². The molecule has 2 atom stereocenters. The molecule has 0 fully saturated rings. The molecule has 0 aromatic heterocycles. The number of hydrogen-bond acceptors (Lipinski definition) is 3. The largest absolute Gasteiger partial charge is 0.493 e.